The lowest BCUT2D eigenvalue weighted by Gasteiger charge is -2.15. The summed E-state index contributed by atoms with van der Waals surface area (Å²) < 4.78 is 2.39. The van der Waals surface area contributed by atoms with E-state index >= 15 is 0 Å². The maximum atomic E-state index is 12.0. The third-order valence-electron chi connectivity index (χ3n) is 4.90. The van der Waals surface area contributed by atoms with Crippen molar-refractivity contribution in [3.05, 3.63) is 73.7 Å². The zero-order chi connectivity index (χ0) is 20.1. The SMILES string of the molecule is O=C(O)c1ccc(-n2nc(-c3cccnc3)c3c2-c2sc(=O)[nH]c2CC3)c(Br)c1. The molecule has 9 heteroatoms. The minimum absolute atomic E-state index is 0.0983. The molecule has 7 nitrogen and oxygen atoms in total. The number of hydrogen-bond acceptors (Lipinski definition) is 5. The molecule has 1 aromatic carbocycles. The van der Waals surface area contributed by atoms with Gasteiger partial charge in [-0.25, -0.2) is 9.48 Å². The highest BCUT2D eigenvalue weighted by atomic mass is 79.9. The lowest BCUT2D eigenvalue weighted by Crippen LogP contribution is -2.07. The van der Waals surface area contributed by atoms with E-state index in [1.807, 2.05) is 12.1 Å². The Kier molecular flexibility index (Phi) is 4.21. The van der Waals surface area contributed by atoms with Crippen LogP contribution in [0, 0.1) is 0 Å². The van der Waals surface area contributed by atoms with E-state index in [-0.39, 0.29) is 10.4 Å². The lowest BCUT2D eigenvalue weighted by atomic mass is 9.95. The van der Waals surface area contributed by atoms with Gasteiger partial charge >= 0.3 is 10.8 Å². The third-order valence-corrected chi connectivity index (χ3v) is 6.47. The monoisotopic (exact) mass is 468 g/mol. The first-order valence-electron chi connectivity index (χ1n) is 8.81. The summed E-state index contributed by atoms with van der Waals surface area (Å²) in [5.41, 5.74) is 5.41. The van der Waals surface area contributed by atoms with Crippen molar-refractivity contribution < 1.29 is 9.90 Å². The normalized spacial score (nSPS) is 12.4. The van der Waals surface area contributed by atoms with Crippen molar-refractivity contribution in [2.45, 2.75) is 12.8 Å². The van der Waals surface area contributed by atoms with E-state index in [0.29, 0.717) is 10.2 Å². The standard InChI is InChI=1S/C20H13BrN4O3S/c21-13-8-10(19(26)27)3-6-15(13)25-17-12(4-5-14-18(17)29-20(28)23-14)16(24-25)11-2-1-7-22-9-11/h1-3,6-9H,4-5H2,(H,23,28)(H,26,27). The van der Waals surface area contributed by atoms with Crippen LogP contribution in [0.1, 0.15) is 21.6 Å². The summed E-state index contributed by atoms with van der Waals surface area (Å²) in [7, 11) is 0. The number of thiazole rings is 1. The Hall–Kier alpha value is -3.04. The number of benzene rings is 1. The van der Waals surface area contributed by atoms with Gasteiger partial charge in [-0.2, -0.15) is 5.10 Å². The average molecular weight is 469 g/mol. The van der Waals surface area contributed by atoms with Gasteiger partial charge in [0.1, 0.15) is 0 Å². The van der Waals surface area contributed by atoms with Crippen LogP contribution in [0.5, 0.6) is 0 Å². The van der Waals surface area contributed by atoms with Gasteiger partial charge < -0.3 is 10.1 Å². The summed E-state index contributed by atoms with van der Waals surface area (Å²) >= 11 is 4.66. The fourth-order valence-corrected chi connectivity index (χ4v) is 5.11. The number of hydrogen-bond donors (Lipinski definition) is 2. The van der Waals surface area contributed by atoms with Gasteiger partial charge in [0.05, 0.1) is 27.5 Å². The van der Waals surface area contributed by atoms with Gasteiger partial charge in [0.2, 0.25) is 0 Å². The molecule has 0 fully saturated rings. The number of halogens is 1. The van der Waals surface area contributed by atoms with E-state index in [1.54, 1.807) is 35.3 Å². The summed E-state index contributed by atoms with van der Waals surface area (Å²) in [6, 6.07) is 8.64. The minimum Gasteiger partial charge on any atom is -0.478 e. The van der Waals surface area contributed by atoms with Crippen molar-refractivity contribution in [1.29, 1.82) is 0 Å². The van der Waals surface area contributed by atoms with Crippen LogP contribution in [0.15, 0.2) is 52.0 Å². The molecule has 2 N–H and O–H groups in total. The second kappa shape index (κ2) is 6.78. The molecule has 0 saturated carbocycles. The quantitative estimate of drug-likeness (QED) is 0.474. The first kappa shape index (κ1) is 18.0. The highest BCUT2D eigenvalue weighted by Gasteiger charge is 2.29. The van der Waals surface area contributed by atoms with Gasteiger partial charge in [0.25, 0.3) is 0 Å². The molecule has 5 rings (SSSR count). The number of H-pyrrole nitrogens is 1. The Morgan fingerprint density at radius 2 is 2.14 bits per heavy atom. The van der Waals surface area contributed by atoms with E-state index < -0.39 is 5.97 Å². The number of pyridine rings is 1. The molecule has 3 aromatic heterocycles. The van der Waals surface area contributed by atoms with E-state index in [2.05, 4.69) is 25.9 Å². The zero-order valence-corrected chi connectivity index (χ0v) is 17.2. The number of aromatic nitrogens is 4. The van der Waals surface area contributed by atoms with E-state index in [0.717, 1.165) is 45.9 Å². The Balaban J connectivity index is 1.80. The van der Waals surface area contributed by atoms with Gasteiger partial charge in [-0.15, -0.1) is 0 Å². The summed E-state index contributed by atoms with van der Waals surface area (Å²) in [5.74, 6) is -0.998. The van der Waals surface area contributed by atoms with Crippen LogP contribution in [0.2, 0.25) is 0 Å². The molecule has 0 bridgehead atoms. The number of carboxylic acids is 1. The summed E-state index contributed by atoms with van der Waals surface area (Å²) in [6.45, 7) is 0. The Morgan fingerprint density at radius 3 is 2.86 bits per heavy atom. The van der Waals surface area contributed by atoms with Gasteiger partial charge in [0.15, 0.2) is 0 Å². The number of carboxylic acid groups (broad SMARTS) is 1. The Bertz CT molecular complexity index is 1320. The highest BCUT2D eigenvalue weighted by molar-refractivity contribution is 9.10. The zero-order valence-electron chi connectivity index (χ0n) is 14.8. The maximum absolute atomic E-state index is 12.0. The number of aromatic amines is 1. The smallest absolute Gasteiger partial charge is 0.335 e. The van der Waals surface area contributed by atoms with Crippen molar-refractivity contribution in [2.24, 2.45) is 0 Å². The number of nitrogens with zero attached hydrogens (tertiary/aromatic N) is 3. The molecule has 144 valence electrons. The molecule has 29 heavy (non-hydrogen) atoms. The van der Waals surface area contributed by atoms with Crippen molar-refractivity contribution in [2.75, 3.05) is 0 Å². The maximum Gasteiger partial charge on any atom is 0.335 e. The fraction of sp³-hybridized carbons (Fsp3) is 0.100. The molecule has 4 aromatic rings. The first-order chi connectivity index (χ1) is 14.0. The molecule has 0 atom stereocenters. The van der Waals surface area contributed by atoms with Crippen molar-refractivity contribution in [3.63, 3.8) is 0 Å². The highest BCUT2D eigenvalue weighted by Crippen LogP contribution is 2.41. The number of aryl methyl sites for hydroxylation is 1. The summed E-state index contributed by atoms with van der Waals surface area (Å²) in [6.07, 6.45) is 4.96. The molecular formula is C20H13BrN4O3S. The van der Waals surface area contributed by atoms with Crippen LogP contribution in [0.25, 0.3) is 27.5 Å². The van der Waals surface area contributed by atoms with E-state index in [1.165, 1.54) is 11.3 Å². The van der Waals surface area contributed by atoms with Crippen LogP contribution < -0.4 is 4.87 Å². The molecule has 0 amide bonds. The number of nitrogens with one attached hydrogen (secondary N) is 1. The van der Waals surface area contributed by atoms with Crippen molar-refractivity contribution in [3.8, 4) is 27.5 Å². The van der Waals surface area contributed by atoms with Crippen molar-refractivity contribution in [1.82, 2.24) is 19.7 Å². The lowest BCUT2D eigenvalue weighted by molar-refractivity contribution is 0.0697. The van der Waals surface area contributed by atoms with Crippen molar-refractivity contribution >= 4 is 33.2 Å². The Morgan fingerprint density at radius 1 is 1.28 bits per heavy atom. The van der Waals surface area contributed by atoms with E-state index in [4.69, 9.17) is 5.10 Å². The molecular weight excluding hydrogens is 456 g/mol. The molecule has 3 heterocycles. The topological polar surface area (TPSA) is 101 Å². The van der Waals surface area contributed by atoms with Gasteiger partial charge in [-0.05, 0) is 59.1 Å². The van der Waals surface area contributed by atoms with Gasteiger partial charge in [0, 0.05) is 33.7 Å². The predicted molar refractivity (Wildman–Crippen MR) is 113 cm³/mol. The predicted octanol–water partition coefficient (Wildman–Crippen LogP) is 3.91. The van der Waals surface area contributed by atoms with E-state index in [9.17, 15) is 14.7 Å². The Labute approximate surface area is 176 Å². The molecule has 1 aliphatic carbocycles. The first-order valence-corrected chi connectivity index (χ1v) is 10.4. The number of aromatic carboxylic acids is 1. The summed E-state index contributed by atoms with van der Waals surface area (Å²) in [5, 5.41) is 14.1. The molecule has 0 saturated heterocycles. The van der Waals surface area contributed by atoms with Crippen LogP contribution in [0.3, 0.4) is 0 Å². The number of carbonyl (C=O) groups is 1. The largest absolute Gasteiger partial charge is 0.478 e. The third kappa shape index (κ3) is 2.93. The second-order valence-electron chi connectivity index (χ2n) is 6.62. The molecule has 1 aliphatic rings. The van der Waals surface area contributed by atoms with Crippen LogP contribution >= 0.6 is 27.3 Å². The summed E-state index contributed by atoms with van der Waals surface area (Å²) in [4.78, 5) is 31.2. The molecule has 0 aliphatic heterocycles. The number of fused-ring (bicyclic) bond motifs is 3. The molecule has 0 spiro atoms. The van der Waals surface area contributed by atoms with Gasteiger partial charge in [-0.3, -0.25) is 9.78 Å². The van der Waals surface area contributed by atoms with Crippen LogP contribution in [0.4, 0.5) is 0 Å². The fourth-order valence-electron chi connectivity index (χ4n) is 3.62. The molecule has 0 radical (unpaired) electrons. The number of rotatable bonds is 3. The molecule has 0 unspecified atom stereocenters. The minimum atomic E-state index is -0.998. The van der Waals surface area contributed by atoms with Gasteiger partial charge in [-0.1, -0.05) is 11.3 Å². The van der Waals surface area contributed by atoms with Crippen LogP contribution in [-0.4, -0.2) is 30.8 Å². The van der Waals surface area contributed by atoms with Crippen LogP contribution in [-0.2, 0) is 12.8 Å². The average Bonchev–Trinajstić information content (AvgIpc) is 3.28. The second-order valence-corrected chi connectivity index (χ2v) is 8.46.